The average molecular weight is 239 g/mol. The van der Waals surface area contributed by atoms with Crippen molar-refractivity contribution in [2.75, 3.05) is 7.11 Å². The van der Waals surface area contributed by atoms with Crippen LogP contribution in [0.3, 0.4) is 0 Å². The fraction of sp³-hybridized carbons (Fsp3) is 0.929. The van der Waals surface area contributed by atoms with Crippen LogP contribution in [0.1, 0.15) is 47.0 Å². The van der Waals surface area contributed by atoms with Crippen molar-refractivity contribution in [3.63, 3.8) is 0 Å². The monoisotopic (exact) mass is 239 g/mol. The van der Waals surface area contributed by atoms with Crippen molar-refractivity contribution in [2.45, 2.75) is 59.1 Å². The largest absolute Gasteiger partial charge is 0.372 e. The van der Waals surface area contributed by atoms with E-state index in [1.807, 2.05) is 0 Å². The van der Waals surface area contributed by atoms with Crippen LogP contribution in [0.25, 0.3) is 0 Å². The quantitative estimate of drug-likeness (QED) is 0.821. The van der Waals surface area contributed by atoms with E-state index in [0.29, 0.717) is 11.5 Å². The van der Waals surface area contributed by atoms with Crippen LogP contribution in [0, 0.1) is 16.7 Å². The zero-order valence-corrected chi connectivity index (χ0v) is 11.7. The Bertz CT molecular complexity index is 326. The number of carbonyl (C=O) groups is 1. The number of rotatable bonds is 3. The number of ether oxygens (including phenoxy) is 1. The van der Waals surface area contributed by atoms with E-state index in [2.05, 4.69) is 26.1 Å². The predicted molar refractivity (Wildman–Crippen MR) is 67.6 cm³/mol. The molecule has 0 aliphatic heterocycles. The molecule has 0 aromatic rings. The van der Waals surface area contributed by atoms with Crippen LogP contribution in [0.15, 0.2) is 0 Å². The van der Waals surface area contributed by atoms with Gasteiger partial charge in [0, 0.05) is 13.2 Å². The molecule has 17 heavy (non-hydrogen) atoms. The van der Waals surface area contributed by atoms with Gasteiger partial charge in [-0.25, -0.2) is 0 Å². The van der Waals surface area contributed by atoms with Crippen LogP contribution in [0.2, 0.25) is 0 Å². The van der Waals surface area contributed by atoms with Crippen LogP contribution in [0.4, 0.5) is 0 Å². The first kappa shape index (κ1) is 12.9. The van der Waals surface area contributed by atoms with Gasteiger partial charge in [0.2, 0.25) is 5.91 Å². The van der Waals surface area contributed by atoms with Gasteiger partial charge < -0.3 is 10.1 Å². The molecular weight excluding hydrogens is 214 g/mol. The number of fused-ring (bicyclic) bond motifs is 2. The average Bonchev–Trinajstić information content (AvgIpc) is 2.60. The Morgan fingerprint density at radius 1 is 1.41 bits per heavy atom. The lowest BCUT2D eigenvalue weighted by molar-refractivity contribution is -0.131. The molecule has 2 saturated carbocycles. The molecule has 2 fully saturated rings. The molecule has 0 unspecified atom stereocenters. The van der Waals surface area contributed by atoms with Crippen LogP contribution < -0.4 is 5.32 Å². The van der Waals surface area contributed by atoms with Crippen LogP contribution in [-0.2, 0) is 9.53 Å². The second kappa shape index (κ2) is 3.98. The van der Waals surface area contributed by atoms with Gasteiger partial charge in [0.15, 0.2) is 0 Å². The third-order valence-electron chi connectivity index (χ3n) is 5.83. The number of carbonyl (C=O) groups excluding carboxylic acids is 1. The minimum Gasteiger partial charge on any atom is -0.372 e. The van der Waals surface area contributed by atoms with E-state index in [4.69, 9.17) is 4.74 Å². The number of hydrogen-bond acceptors (Lipinski definition) is 2. The molecule has 0 heterocycles. The fourth-order valence-electron chi connectivity index (χ4n) is 3.82. The molecule has 3 heteroatoms. The van der Waals surface area contributed by atoms with Gasteiger partial charge >= 0.3 is 0 Å². The summed E-state index contributed by atoms with van der Waals surface area (Å²) in [7, 11) is 1.58. The van der Waals surface area contributed by atoms with Crippen LogP contribution in [0.5, 0.6) is 0 Å². The van der Waals surface area contributed by atoms with Crippen molar-refractivity contribution in [3.05, 3.63) is 0 Å². The Morgan fingerprint density at radius 2 is 2.06 bits per heavy atom. The first-order chi connectivity index (χ1) is 7.83. The van der Waals surface area contributed by atoms with E-state index >= 15 is 0 Å². The van der Waals surface area contributed by atoms with Crippen molar-refractivity contribution in [1.29, 1.82) is 0 Å². The predicted octanol–water partition coefficient (Wildman–Crippen LogP) is 2.35. The topological polar surface area (TPSA) is 38.3 Å². The standard InChI is InChI=1S/C14H25NO2/c1-9(17-5)12(16)15-11-8-10-6-7-14(11,4)13(10,2)3/h9-11H,6-8H2,1-5H3,(H,15,16)/t9-,10+,11+,14+/m0/s1. The molecule has 0 saturated heterocycles. The van der Waals surface area contributed by atoms with E-state index in [-0.39, 0.29) is 17.4 Å². The minimum absolute atomic E-state index is 0.0297. The lowest BCUT2D eigenvalue weighted by Gasteiger charge is -2.39. The zero-order valence-electron chi connectivity index (χ0n) is 11.7. The molecule has 1 amide bonds. The molecule has 4 atom stereocenters. The fourth-order valence-corrected chi connectivity index (χ4v) is 3.82. The first-order valence-corrected chi connectivity index (χ1v) is 6.66. The molecule has 0 aromatic heterocycles. The lowest BCUT2D eigenvalue weighted by atomic mass is 9.69. The van der Waals surface area contributed by atoms with Gasteiger partial charge in [0.25, 0.3) is 0 Å². The first-order valence-electron chi connectivity index (χ1n) is 6.66. The van der Waals surface area contributed by atoms with Gasteiger partial charge in [0.05, 0.1) is 0 Å². The highest BCUT2D eigenvalue weighted by Gasteiger charge is 2.61. The SMILES string of the molecule is CO[C@@H](C)C(=O)N[C@@H]1C[C@H]2CC[C@@]1(C)C2(C)C. The maximum absolute atomic E-state index is 11.9. The highest BCUT2D eigenvalue weighted by Crippen LogP contribution is 2.65. The Morgan fingerprint density at radius 3 is 2.47 bits per heavy atom. The third-order valence-corrected chi connectivity index (χ3v) is 5.83. The Kier molecular flexibility index (Phi) is 3.01. The Labute approximate surface area is 104 Å². The number of methoxy groups -OCH3 is 1. The molecule has 98 valence electrons. The second-order valence-electron chi connectivity index (χ2n) is 6.55. The molecular formula is C14H25NO2. The van der Waals surface area contributed by atoms with Gasteiger partial charge in [-0.3, -0.25) is 4.79 Å². The summed E-state index contributed by atoms with van der Waals surface area (Å²) in [6, 6.07) is 0.321. The summed E-state index contributed by atoms with van der Waals surface area (Å²) in [6.07, 6.45) is 3.33. The molecule has 3 nitrogen and oxygen atoms in total. The van der Waals surface area contributed by atoms with Crippen molar-refractivity contribution in [1.82, 2.24) is 5.32 Å². The molecule has 0 radical (unpaired) electrons. The van der Waals surface area contributed by atoms with Gasteiger partial charge in [-0.05, 0) is 42.9 Å². The molecule has 0 spiro atoms. The zero-order chi connectivity index (χ0) is 12.8. The van der Waals surface area contributed by atoms with E-state index in [0.717, 1.165) is 12.3 Å². The van der Waals surface area contributed by atoms with Crippen LogP contribution in [-0.4, -0.2) is 25.2 Å². The molecule has 2 aliphatic carbocycles. The summed E-state index contributed by atoms with van der Waals surface area (Å²) in [5.41, 5.74) is 0.599. The Hall–Kier alpha value is -0.570. The summed E-state index contributed by atoms with van der Waals surface area (Å²) in [5.74, 6) is 0.790. The molecule has 1 N–H and O–H groups in total. The summed E-state index contributed by atoms with van der Waals surface area (Å²) in [4.78, 5) is 11.9. The van der Waals surface area contributed by atoms with Gasteiger partial charge in [-0.2, -0.15) is 0 Å². The minimum atomic E-state index is -0.346. The van der Waals surface area contributed by atoms with Gasteiger partial charge in [0.1, 0.15) is 6.10 Å². The lowest BCUT2D eigenvalue weighted by Crippen LogP contribution is -2.49. The molecule has 0 aromatic carbocycles. The van der Waals surface area contributed by atoms with Crippen LogP contribution >= 0.6 is 0 Å². The van der Waals surface area contributed by atoms with E-state index in [1.54, 1.807) is 14.0 Å². The maximum atomic E-state index is 11.9. The number of hydrogen-bond donors (Lipinski definition) is 1. The summed E-state index contributed by atoms with van der Waals surface area (Å²) < 4.78 is 5.08. The normalized spacial score (nSPS) is 40.3. The van der Waals surface area contributed by atoms with E-state index in [1.165, 1.54) is 12.8 Å². The molecule has 2 aliphatic rings. The summed E-state index contributed by atoms with van der Waals surface area (Å²) in [6.45, 7) is 8.85. The second-order valence-corrected chi connectivity index (χ2v) is 6.55. The smallest absolute Gasteiger partial charge is 0.249 e. The van der Waals surface area contributed by atoms with Crippen molar-refractivity contribution in [2.24, 2.45) is 16.7 Å². The van der Waals surface area contributed by atoms with E-state index in [9.17, 15) is 4.79 Å². The maximum Gasteiger partial charge on any atom is 0.249 e. The molecule has 2 bridgehead atoms. The van der Waals surface area contributed by atoms with Gasteiger partial charge in [-0.15, -0.1) is 0 Å². The summed E-state index contributed by atoms with van der Waals surface area (Å²) in [5, 5.41) is 3.19. The van der Waals surface area contributed by atoms with Crippen molar-refractivity contribution >= 4 is 5.91 Å². The molecule has 2 rings (SSSR count). The third kappa shape index (κ3) is 1.70. The van der Waals surface area contributed by atoms with Crippen molar-refractivity contribution in [3.8, 4) is 0 Å². The van der Waals surface area contributed by atoms with Gasteiger partial charge in [-0.1, -0.05) is 20.8 Å². The Balaban J connectivity index is 2.08. The highest BCUT2D eigenvalue weighted by atomic mass is 16.5. The number of nitrogens with one attached hydrogen (secondary N) is 1. The number of amides is 1. The van der Waals surface area contributed by atoms with E-state index < -0.39 is 0 Å². The highest BCUT2D eigenvalue weighted by molar-refractivity contribution is 5.80. The summed E-state index contributed by atoms with van der Waals surface area (Å²) >= 11 is 0. The van der Waals surface area contributed by atoms with Crippen molar-refractivity contribution < 1.29 is 9.53 Å².